The van der Waals surface area contributed by atoms with Gasteiger partial charge in [0.25, 0.3) is 0 Å². The number of hydrogen-bond acceptors (Lipinski definition) is 3. The Bertz CT molecular complexity index is 827. The maximum Gasteiger partial charge on any atom is 0.317 e. The lowest BCUT2D eigenvalue weighted by Crippen LogP contribution is -2.56. The van der Waals surface area contributed by atoms with Gasteiger partial charge < -0.3 is 25.2 Å². The Balaban J connectivity index is 1.63. The molecule has 2 aromatic rings. The summed E-state index contributed by atoms with van der Waals surface area (Å²) in [5.74, 6) is 0.618. The van der Waals surface area contributed by atoms with Crippen LogP contribution >= 0.6 is 0 Å². The number of likely N-dealkylation sites (tertiary alicyclic amines) is 1. The van der Waals surface area contributed by atoms with E-state index in [0.717, 1.165) is 38.0 Å². The van der Waals surface area contributed by atoms with Gasteiger partial charge in [-0.05, 0) is 50.9 Å². The average molecular weight is 356 g/mol. The first kappa shape index (κ1) is 17.2. The second kappa shape index (κ2) is 6.50. The minimum atomic E-state index is 0.0195. The van der Waals surface area contributed by atoms with Gasteiger partial charge in [-0.2, -0.15) is 0 Å². The molecule has 4 rings (SSSR count). The zero-order chi connectivity index (χ0) is 18.4. The smallest absolute Gasteiger partial charge is 0.317 e. The highest BCUT2D eigenvalue weighted by Crippen LogP contribution is 2.44. The first-order valence-electron chi connectivity index (χ1n) is 9.60. The van der Waals surface area contributed by atoms with Gasteiger partial charge in [-0.3, -0.25) is 0 Å². The standard InChI is InChI=1S/C20H28N4O2/c1-4-24(5-2)20(26)22-13-7-15-16-8-14(25)9-17-19(16)12(10-21-17)6-18(15)23(3)11-13/h8-10,13,15,18,21,25H,4-7,11H2,1-3H3,(H,22,26)/t13-,15+,18+/m0/s1. The summed E-state index contributed by atoms with van der Waals surface area (Å²) in [6.45, 7) is 6.30. The summed E-state index contributed by atoms with van der Waals surface area (Å²) in [6, 6.07) is 4.26. The number of H-pyrrole nitrogens is 1. The van der Waals surface area contributed by atoms with Crippen molar-refractivity contribution in [2.24, 2.45) is 0 Å². The number of piperidine rings is 1. The van der Waals surface area contributed by atoms with Crippen molar-refractivity contribution in [3.05, 3.63) is 29.5 Å². The number of aromatic amines is 1. The molecule has 1 aliphatic carbocycles. The fourth-order valence-electron chi connectivity index (χ4n) is 4.88. The molecule has 1 aromatic carbocycles. The molecule has 6 heteroatoms. The van der Waals surface area contributed by atoms with Crippen molar-refractivity contribution in [3.8, 4) is 5.75 Å². The molecule has 0 radical (unpaired) electrons. The number of aromatic nitrogens is 1. The number of hydrogen-bond donors (Lipinski definition) is 3. The van der Waals surface area contributed by atoms with Crippen LogP contribution in [0.25, 0.3) is 10.9 Å². The maximum atomic E-state index is 12.5. The van der Waals surface area contributed by atoms with Crippen LogP contribution in [0.4, 0.5) is 4.79 Å². The molecule has 3 atom stereocenters. The van der Waals surface area contributed by atoms with Crippen molar-refractivity contribution in [2.75, 3.05) is 26.7 Å². The number of phenolic OH excluding ortho intramolecular Hbond substituents is 1. The van der Waals surface area contributed by atoms with E-state index in [-0.39, 0.29) is 12.1 Å². The molecule has 1 aliphatic heterocycles. The number of amides is 2. The third-order valence-electron chi connectivity index (χ3n) is 6.16. The third-order valence-corrected chi connectivity index (χ3v) is 6.16. The van der Waals surface area contributed by atoms with Crippen LogP contribution in [-0.4, -0.2) is 64.7 Å². The Morgan fingerprint density at radius 3 is 2.88 bits per heavy atom. The second-order valence-electron chi connectivity index (χ2n) is 7.64. The van der Waals surface area contributed by atoms with E-state index in [2.05, 4.69) is 28.4 Å². The van der Waals surface area contributed by atoms with Crippen molar-refractivity contribution in [3.63, 3.8) is 0 Å². The number of urea groups is 1. The molecule has 140 valence electrons. The molecule has 2 aliphatic rings. The Morgan fingerprint density at radius 2 is 2.15 bits per heavy atom. The monoisotopic (exact) mass is 356 g/mol. The van der Waals surface area contributed by atoms with Crippen molar-refractivity contribution in [2.45, 2.75) is 44.7 Å². The van der Waals surface area contributed by atoms with Gasteiger partial charge >= 0.3 is 6.03 Å². The first-order valence-corrected chi connectivity index (χ1v) is 9.60. The highest BCUT2D eigenvalue weighted by atomic mass is 16.3. The molecule has 0 spiro atoms. The van der Waals surface area contributed by atoms with Crippen LogP contribution in [0, 0.1) is 0 Å². The molecule has 1 saturated heterocycles. The van der Waals surface area contributed by atoms with Crippen LogP contribution < -0.4 is 5.32 Å². The predicted octanol–water partition coefficient (Wildman–Crippen LogP) is 2.64. The highest BCUT2D eigenvalue weighted by molar-refractivity contribution is 5.89. The van der Waals surface area contributed by atoms with Crippen molar-refractivity contribution < 1.29 is 9.90 Å². The van der Waals surface area contributed by atoms with Crippen molar-refractivity contribution >= 4 is 16.9 Å². The van der Waals surface area contributed by atoms with E-state index < -0.39 is 0 Å². The zero-order valence-electron chi connectivity index (χ0n) is 15.7. The molecule has 0 bridgehead atoms. The zero-order valence-corrected chi connectivity index (χ0v) is 15.7. The summed E-state index contributed by atoms with van der Waals surface area (Å²) in [5, 5.41) is 14.7. The minimum Gasteiger partial charge on any atom is -0.508 e. The maximum absolute atomic E-state index is 12.5. The summed E-state index contributed by atoms with van der Waals surface area (Å²) in [6.07, 6.45) is 3.99. The first-order chi connectivity index (χ1) is 12.5. The summed E-state index contributed by atoms with van der Waals surface area (Å²) in [7, 11) is 2.14. The molecule has 2 amide bonds. The van der Waals surface area contributed by atoms with E-state index in [4.69, 9.17) is 0 Å². The topological polar surface area (TPSA) is 71.6 Å². The van der Waals surface area contributed by atoms with Gasteiger partial charge in [0.05, 0.1) is 0 Å². The number of benzene rings is 1. The van der Waals surface area contributed by atoms with E-state index in [1.807, 2.05) is 24.8 Å². The fourth-order valence-corrected chi connectivity index (χ4v) is 4.88. The number of nitrogens with zero attached hydrogens (tertiary/aromatic N) is 2. The number of phenols is 1. The Morgan fingerprint density at radius 1 is 1.38 bits per heavy atom. The van der Waals surface area contributed by atoms with Gasteiger partial charge in [-0.15, -0.1) is 0 Å². The van der Waals surface area contributed by atoms with E-state index in [1.54, 1.807) is 6.07 Å². The van der Waals surface area contributed by atoms with Crippen LogP contribution in [-0.2, 0) is 6.42 Å². The number of carbonyl (C=O) groups is 1. The number of aromatic hydroxyl groups is 1. The number of fused-ring (bicyclic) bond motifs is 2. The summed E-state index contributed by atoms with van der Waals surface area (Å²) < 4.78 is 0. The van der Waals surface area contributed by atoms with Crippen molar-refractivity contribution in [1.29, 1.82) is 0 Å². The normalized spacial score (nSPS) is 25.1. The number of carbonyl (C=O) groups excluding carboxylic acids is 1. The summed E-state index contributed by atoms with van der Waals surface area (Å²) >= 11 is 0. The second-order valence-corrected chi connectivity index (χ2v) is 7.64. The molecule has 1 aromatic heterocycles. The van der Waals surface area contributed by atoms with Crippen LogP contribution in [0.3, 0.4) is 0 Å². The van der Waals surface area contributed by atoms with E-state index >= 15 is 0 Å². The molecular weight excluding hydrogens is 328 g/mol. The van der Waals surface area contributed by atoms with Crippen LogP contribution in [0.5, 0.6) is 5.75 Å². The Hall–Kier alpha value is -2.21. The minimum absolute atomic E-state index is 0.0195. The van der Waals surface area contributed by atoms with Gasteiger partial charge in [-0.1, -0.05) is 0 Å². The Kier molecular flexibility index (Phi) is 4.31. The van der Waals surface area contributed by atoms with Gasteiger partial charge in [0.15, 0.2) is 0 Å². The van der Waals surface area contributed by atoms with Gasteiger partial charge in [0, 0.05) is 60.8 Å². The third kappa shape index (κ3) is 2.72. The summed E-state index contributed by atoms with van der Waals surface area (Å²) in [4.78, 5) is 20.0. The highest BCUT2D eigenvalue weighted by Gasteiger charge is 2.40. The predicted molar refractivity (Wildman–Crippen MR) is 103 cm³/mol. The molecule has 6 nitrogen and oxygen atoms in total. The number of rotatable bonds is 3. The van der Waals surface area contributed by atoms with Crippen LogP contribution in [0.1, 0.15) is 37.3 Å². The van der Waals surface area contributed by atoms with Gasteiger partial charge in [0.2, 0.25) is 0 Å². The largest absolute Gasteiger partial charge is 0.508 e. The molecule has 0 saturated carbocycles. The van der Waals surface area contributed by atoms with Crippen molar-refractivity contribution in [1.82, 2.24) is 20.1 Å². The lowest BCUT2D eigenvalue weighted by molar-refractivity contribution is 0.124. The molecule has 2 heterocycles. The van der Waals surface area contributed by atoms with Gasteiger partial charge in [-0.25, -0.2) is 4.79 Å². The number of nitrogens with one attached hydrogen (secondary N) is 2. The lowest BCUT2D eigenvalue weighted by atomic mass is 9.74. The number of likely N-dealkylation sites (N-methyl/N-ethyl adjacent to an activating group) is 1. The van der Waals surface area contributed by atoms with E-state index in [9.17, 15) is 9.90 Å². The fraction of sp³-hybridized carbons (Fsp3) is 0.550. The Labute approximate surface area is 154 Å². The summed E-state index contributed by atoms with van der Waals surface area (Å²) in [5.41, 5.74) is 3.54. The quantitative estimate of drug-likeness (QED) is 0.792. The van der Waals surface area contributed by atoms with Gasteiger partial charge in [0.1, 0.15) is 5.75 Å². The molecule has 0 unspecified atom stereocenters. The molecule has 1 fully saturated rings. The molecule has 3 N–H and O–H groups in total. The lowest BCUT2D eigenvalue weighted by Gasteiger charge is -2.46. The SMILES string of the molecule is CCN(CC)C(=O)N[C@H]1C[C@@H]2c3cc(O)cc4[nH]cc(c34)C[C@H]2N(C)C1. The average Bonchev–Trinajstić information content (AvgIpc) is 3.00. The molecular formula is C20H28N4O2. The van der Waals surface area contributed by atoms with E-state index in [0.29, 0.717) is 17.7 Å². The van der Waals surface area contributed by atoms with E-state index in [1.165, 1.54) is 16.5 Å². The van der Waals surface area contributed by atoms with Crippen LogP contribution in [0.15, 0.2) is 18.3 Å². The van der Waals surface area contributed by atoms with Crippen LogP contribution in [0.2, 0.25) is 0 Å². The molecule has 26 heavy (non-hydrogen) atoms.